The Morgan fingerprint density at radius 2 is 1.29 bits per heavy atom. The molecule has 4 unspecified atom stereocenters. The van der Waals surface area contributed by atoms with Gasteiger partial charge in [-0.05, 0) is 13.8 Å². The Morgan fingerprint density at radius 3 is 1.50 bits per heavy atom. The summed E-state index contributed by atoms with van der Waals surface area (Å²) in [4.78, 5) is 0. The van der Waals surface area contributed by atoms with E-state index in [0.717, 1.165) is 13.2 Å². The highest BCUT2D eigenvalue weighted by molar-refractivity contribution is 8.07. The van der Waals surface area contributed by atoms with E-state index in [-0.39, 0.29) is 11.2 Å². The van der Waals surface area contributed by atoms with Crippen LogP contribution in [-0.2, 0) is 9.47 Å². The minimum Gasteiger partial charge on any atom is -0.369 e. The largest absolute Gasteiger partial charge is 0.369 e. The second-order valence-electron chi connectivity index (χ2n) is 4.85. The molecule has 3 aliphatic heterocycles. The van der Waals surface area contributed by atoms with Gasteiger partial charge in [-0.1, -0.05) is 0 Å². The predicted octanol–water partition coefficient (Wildman–Crippen LogP) is 1.78. The summed E-state index contributed by atoms with van der Waals surface area (Å²) in [5, 5.41) is 1.40. The van der Waals surface area contributed by atoms with Gasteiger partial charge < -0.3 is 9.47 Å². The molecule has 4 heteroatoms. The van der Waals surface area contributed by atoms with Gasteiger partial charge in [0.15, 0.2) is 0 Å². The Bertz CT molecular complexity index is 215. The third-order valence-corrected chi connectivity index (χ3v) is 7.07. The van der Waals surface area contributed by atoms with Gasteiger partial charge >= 0.3 is 0 Å². The zero-order valence-electron chi connectivity index (χ0n) is 8.62. The summed E-state index contributed by atoms with van der Waals surface area (Å²) >= 11 is 4.16. The average molecular weight is 232 g/mol. The fraction of sp³-hybridized carbons (Fsp3) is 1.00. The van der Waals surface area contributed by atoms with E-state index in [1.54, 1.807) is 0 Å². The van der Waals surface area contributed by atoms with Crippen LogP contribution < -0.4 is 0 Å². The first-order valence-electron chi connectivity index (χ1n) is 5.14. The van der Waals surface area contributed by atoms with E-state index in [1.807, 2.05) is 0 Å². The Balaban J connectivity index is 1.57. The number of ether oxygens (including phenoxy) is 2. The van der Waals surface area contributed by atoms with Crippen molar-refractivity contribution in [3.05, 3.63) is 0 Å². The first-order chi connectivity index (χ1) is 6.62. The van der Waals surface area contributed by atoms with Crippen molar-refractivity contribution in [1.29, 1.82) is 0 Å². The molecular formula is C10H16O2S2. The summed E-state index contributed by atoms with van der Waals surface area (Å²) in [7, 11) is 0. The van der Waals surface area contributed by atoms with Gasteiger partial charge in [0.1, 0.15) is 11.2 Å². The highest BCUT2D eigenvalue weighted by Gasteiger charge is 2.53. The maximum Gasteiger partial charge on any atom is 0.101 e. The molecule has 0 aliphatic carbocycles. The van der Waals surface area contributed by atoms with Crippen LogP contribution in [0.15, 0.2) is 0 Å². The summed E-state index contributed by atoms with van der Waals surface area (Å²) < 4.78 is 11.0. The summed E-state index contributed by atoms with van der Waals surface area (Å²) in [6.07, 6.45) is 0. The molecule has 0 N–H and O–H groups in total. The van der Waals surface area contributed by atoms with Crippen molar-refractivity contribution in [3.63, 3.8) is 0 Å². The SMILES string of the molecule is CC1(C2CSC(C3(C)CO3)CS2)CO1. The molecule has 0 bridgehead atoms. The molecule has 3 fully saturated rings. The molecule has 0 aromatic heterocycles. The predicted molar refractivity (Wildman–Crippen MR) is 61.2 cm³/mol. The summed E-state index contributed by atoms with van der Waals surface area (Å²) in [6.45, 7) is 6.40. The van der Waals surface area contributed by atoms with Gasteiger partial charge in [0, 0.05) is 22.0 Å². The Labute approximate surface area is 93.5 Å². The van der Waals surface area contributed by atoms with E-state index in [0.29, 0.717) is 10.5 Å². The smallest absolute Gasteiger partial charge is 0.101 e. The molecule has 4 atom stereocenters. The van der Waals surface area contributed by atoms with Crippen LogP contribution in [0.2, 0.25) is 0 Å². The monoisotopic (exact) mass is 232 g/mol. The lowest BCUT2D eigenvalue weighted by Gasteiger charge is -2.31. The van der Waals surface area contributed by atoms with Crippen molar-refractivity contribution >= 4 is 23.5 Å². The third-order valence-electron chi connectivity index (χ3n) is 3.46. The van der Waals surface area contributed by atoms with E-state index < -0.39 is 0 Å². The molecule has 2 nitrogen and oxygen atoms in total. The van der Waals surface area contributed by atoms with Gasteiger partial charge in [0.05, 0.1) is 13.2 Å². The minimum absolute atomic E-state index is 0.202. The van der Waals surface area contributed by atoms with E-state index >= 15 is 0 Å². The van der Waals surface area contributed by atoms with Crippen molar-refractivity contribution in [1.82, 2.24) is 0 Å². The van der Waals surface area contributed by atoms with E-state index in [2.05, 4.69) is 37.4 Å². The van der Waals surface area contributed by atoms with Gasteiger partial charge in [-0.15, -0.1) is 0 Å². The molecule has 3 rings (SSSR count). The molecule has 0 saturated carbocycles. The van der Waals surface area contributed by atoms with Crippen LogP contribution in [0.3, 0.4) is 0 Å². The maximum absolute atomic E-state index is 5.51. The lowest BCUT2D eigenvalue weighted by atomic mass is 10.1. The van der Waals surface area contributed by atoms with Crippen LogP contribution in [0.25, 0.3) is 0 Å². The van der Waals surface area contributed by atoms with Gasteiger partial charge in [-0.2, -0.15) is 23.5 Å². The van der Waals surface area contributed by atoms with Crippen LogP contribution in [0.4, 0.5) is 0 Å². The van der Waals surface area contributed by atoms with Crippen molar-refractivity contribution in [2.75, 3.05) is 24.7 Å². The summed E-state index contributed by atoms with van der Waals surface area (Å²) in [5.41, 5.74) is 0.405. The zero-order chi connectivity index (χ0) is 9.81. The normalized spacial score (nSPS) is 57.0. The fourth-order valence-electron chi connectivity index (χ4n) is 1.81. The van der Waals surface area contributed by atoms with Crippen LogP contribution in [0.1, 0.15) is 13.8 Å². The summed E-state index contributed by atoms with van der Waals surface area (Å²) in [5.74, 6) is 2.45. The van der Waals surface area contributed by atoms with Crippen molar-refractivity contribution in [2.24, 2.45) is 0 Å². The Morgan fingerprint density at radius 1 is 0.929 bits per heavy atom. The number of rotatable bonds is 2. The molecule has 3 heterocycles. The van der Waals surface area contributed by atoms with Gasteiger partial charge in [-0.3, -0.25) is 0 Å². The quantitative estimate of drug-likeness (QED) is 0.678. The first-order valence-corrected chi connectivity index (χ1v) is 7.23. The minimum atomic E-state index is 0.202. The second kappa shape index (κ2) is 3.06. The molecule has 0 radical (unpaired) electrons. The molecule has 80 valence electrons. The first kappa shape index (κ1) is 9.82. The topological polar surface area (TPSA) is 25.1 Å². The third kappa shape index (κ3) is 1.60. The zero-order valence-corrected chi connectivity index (χ0v) is 10.2. The van der Waals surface area contributed by atoms with Gasteiger partial charge in [-0.25, -0.2) is 0 Å². The second-order valence-corrected chi connectivity index (χ2v) is 7.32. The molecule has 0 aromatic rings. The molecule has 0 aromatic carbocycles. The number of hydrogen-bond acceptors (Lipinski definition) is 4. The van der Waals surface area contributed by atoms with Crippen LogP contribution in [-0.4, -0.2) is 46.4 Å². The number of hydrogen-bond donors (Lipinski definition) is 0. The molecular weight excluding hydrogens is 216 g/mol. The van der Waals surface area contributed by atoms with Crippen molar-refractivity contribution < 1.29 is 9.47 Å². The van der Waals surface area contributed by atoms with Crippen LogP contribution >= 0.6 is 23.5 Å². The molecule has 3 aliphatic rings. The standard InChI is InChI=1S/C10H16O2S2/c1-9(5-11-9)7-3-14-8(4-13-7)10(2)6-12-10/h7-8H,3-6H2,1-2H3. The van der Waals surface area contributed by atoms with Crippen molar-refractivity contribution in [3.8, 4) is 0 Å². The van der Waals surface area contributed by atoms with Gasteiger partial charge in [0.25, 0.3) is 0 Å². The fourth-order valence-corrected chi connectivity index (χ4v) is 5.55. The summed E-state index contributed by atoms with van der Waals surface area (Å²) in [6, 6.07) is 0. The highest BCUT2D eigenvalue weighted by atomic mass is 32.2. The number of epoxide rings is 2. The molecule has 0 amide bonds. The maximum atomic E-state index is 5.51. The molecule has 0 spiro atoms. The molecule has 3 saturated heterocycles. The van der Waals surface area contributed by atoms with Crippen molar-refractivity contribution in [2.45, 2.75) is 35.5 Å². The van der Waals surface area contributed by atoms with E-state index in [4.69, 9.17) is 9.47 Å². The Kier molecular flexibility index (Phi) is 2.15. The van der Waals surface area contributed by atoms with Gasteiger partial charge in [0.2, 0.25) is 0 Å². The Hall–Kier alpha value is 0.620. The van der Waals surface area contributed by atoms with E-state index in [1.165, 1.54) is 11.5 Å². The molecule has 14 heavy (non-hydrogen) atoms. The van der Waals surface area contributed by atoms with Crippen LogP contribution in [0, 0.1) is 0 Å². The van der Waals surface area contributed by atoms with Crippen LogP contribution in [0.5, 0.6) is 0 Å². The number of thioether (sulfide) groups is 2. The lowest BCUT2D eigenvalue weighted by Crippen LogP contribution is -2.37. The van der Waals surface area contributed by atoms with E-state index in [9.17, 15) is 0 Å². The lowest BCUT2D eigenvalue weighted by molar-refractivity contribution is 0.315. The highest BCUT2D eigenvalue weighted by Crippen LogP contribution is 2.48. The average Bonchev–Trinajstić information content (AvgIpc) is 3.08.